The Labute approximate surface area is 176 Å². The van der Waals surface area contributed by atoms with Gasteiger partial charge in [0.25, 0.3) is 15.9 Å². The van der Waals surface area contributed by atoms with Gasteiger partial charge in [-0.3, -0.25) is 14.3 Å². The van der Waals surface area contributed by atoms with Crippen molar-refractivity contribution in [1.82, 2.24) is 4.98 Å². The molecule has 1 aromatic heterocycles. The summed E-state index contributed by atoms with van der Waals surface area (Å²) < 4.78 is 55.8. The largest absolute Gasteiger partial charge is 0.317 e. The van der Waals surface area contributed by atoms with Gasteiger partial charge < -0.3 is 10.6 Å². The topological polar surface area (TPSA) is 117 Å². The van der Waals surface area contributed by atoms with Crippen molar-refractivity contribution in [3.05, 3.63) is 78.0 Å². The Morgan fingerprint density at radius 2 is 1.65 bits per heavy atom. The van der Waals surface area contributed by atoms with E-state index < -0.39 is 38.9 Å². The Hall–Kier alpha value is -3.86. The molecule has 0 unspecified atom stereocenters. The van der Waals surface area contributed by atoms with Crippen LogP contribution < -0.4 is 15.4 Å². The minimum Gasteiger partial charge on any atom is -0.317 e. The molecule has 0 radical (unpaired) electrons. The standard InChI is InChI=1S/C20H16F2N4O4S/c1-12(27)24-17-10-7-13(11-23-17)20(28)25-19-15(21)8-9-16(18(19)22)26-31(29,30)14-5-3-2-4-6-14/h2-11,26H,1H3,(H,25,28)(H,23,24,27). The Kier molecular flexibility index (Phi) is 6.25. The smallest absolute Gasteiger partial charge is 0.261 e. The van der Waals surface area contributed by atoms with E-state index in [2.05, 4.69) is 15.6 Å². The minimum atomic E-state index is -4.13. The number of benzene rings is 2. The summed E-state index contributed by atoms with van der Waals surface area (Å²) in [5.74, 6) is -3.45. The van der Waals surface area contributed by atoms with Crippen LogP contribution >= 0.6 is 0 Å². The molecule has 31 heavy (non-hydrogen) atoms. The maximum atomic E-state index is 14.8. The SMILES string of the molecule is CC(=O)Nc1ccc(C(=O)Nc2c(F)ccc(NS(=O)(=O)c3ccccc3)c2F)cn1. The minimum absolute atomic E-state index is 0.0387. The molecule has 3 rings (SSSR count). The number of aromatic nitrogens is 1. The summed E-state index contributed by atoms with van der Waals surface area (Å²) in [6.07, 6.45) is 1.11. The molecular weight excluding hydrogens is 430 g/mol. The zero-order chi connectivity index (χ0) is 22.6. The summed E-state index contributed by atoms with van der Waals surface area (Å²) in [7, 11) is -4.13. The van der Waals surface area contributed by atoms with E-state index >= 15 is 0 Å². The number of anilines is 3. The highest BCUT2D eigenvalue weighted by molar-refractivity contribution is 7.92. The van der Waals surface area contributed by atoms with Crippen LogP contribution in [0.15, 0.2) is 65.7 Å². The van der Waals surface area contributed by atoms with Gasteiger partial charge in [-0.2, -0.15) is 0 Å². The molecule has 0 aliphatic rings. The number of hydrogen-bond acceptors (Lipinski definition) is 5. The average molecular weight is 446 g/mol. The highest BCUT2D eigenvalue weighted by Crippen LogP contribution is 2.28. The van der Waals surface area contributed by atoms with Gasteiger partial charge in [-0.25, -0.2) is 22.2 Å². The predicted octanol–water partition coefficient (Wildman–Crippen LogP) is 3.37. The van der Waals surface area contributed by atoms with Gasteiger partial charge in [-0.05, 0) is 36.4 Å². The van der Waals surface area contributed by atoms with Crippen LogP contribution in [0.4, 0.5) is 26.0 Å². The van der Waals surface area contributed by atoms with Crippen LogP contribution in [0.2, 0.25) is 0 Å². The predicted molar refractivity (Wildman–Crippen MR) is 110 cm³/mol. The first-order valence-corrected chi connectivity index (χ1v) is 10.3. The number of pyridine rings is 1. The summed E-state index contributed by atoms with van der Waals surface area (Å²) in [5.41, 5.74) is -1.41. The summed E-state index contributed by atoms with van der Waals surface area (Å²) in [6, 6.07) is 11.6. The van der Waals surface area contributed by atoms with Crippen LogP contribution in [0.25, 0.3) is 0 Å². The van der Waals surface area contributed by atoms with E-state index in [1.54, 1.807) is 6.07 Å². The van der Waals surface area contributed by atoms with Gasteiger partial charge in [0.1, 0.15) is 17.3 Å². The number of carbonyl (C=O) groups excluding carboxylic acids is 2. The number of rotatable bonds is 6. The number of nitrogens with one attached hydrogen (secondary N) is 3. The first-order chi connectivity index (χ1) is 14.7. The van der Waals surface area contributed by atoms with Gasteiger partial charge in [0.2, 0.25) is 5.91 Å². The molecule has 8 nitrogen and oxygen atoms in total. The number of halogens is 2. The highest BCUT2D eigenvalue weighted by atomic mass is 32.2. The number of nitrogens with zero attached hydrogens (tertiary/aromatic N) is 1. The third kappa shape index (κ3) is 5.20. The Morgan fingerprint density at radius 3 is 2.26 bits per heavy atom. The molecule has 0 aliphatic carbocycles. The maximum absolute atomic E-state index is 14.8. The lowest BCUT2D eigenvalue weighted by Crippen LogP contribution is -2.18. The fourth-order valence-corrected chi connectivity index (χ4v) is 3.60. The molecule has 0 spiro atoms. The first kappa shape index (κ1) is 21.8. The van der Waals surface area contributed by atoms with E-state index in [9.17, 15) is 26.8 Å². The van der Waals surface area contributed by atoms with Crippen LogP contribution in [0.5, 0.6) is 0 Å². The lowest BCUT2D eigenvalue weighted by atomic mass is 10.2. The molecule has 1 heterocycles. The number of amides is 2. The monoisotopic (exact) mass is 446 g/mol. The lowest BCUT2D eigenvalue weighted by molar-refractivity contribution is -0.114. The Bertz CT molecular complexity index is 1230. The van der Waals surface area contributed by atoms with Crippen molar-refractivity contribution in [2.75, 3.05) is 15.4 Å². The van der Waals surface area contributed by atoms with Gasteiger partial charge in [0, 0.05) is 13.1 Å². The number of sulfonamides is 1. The van der Waals surface area contributed by atoms with Gasteiger partial charge in [-0.1, -0.05) is 18.2 Å². The van der Waals surface area contributed by atoms with E-state index in [4.69, 9.17) is 0 Å². The normalized spacial score (nSPS) is 10.9. The van der Waals surface area contributed by atoms with Crippen molar-refractivity contribution in [3.63, 3.8) is 0 Å². The Balaban J connectivity index is 1.84. The summed E-state index contributed by atoms with van der Waals surface area (Å²) >= 11 is 0. The van der Waals surface area contributed by atoms with E-state index in [-0.39, 0.29) is 22.2 Å². The van der Waals surface area contributed by atoms with Crippen molar-refractivity contribution in [1.29, 1.82) is 0 Å². The molecule has 11 heteroatoms. The molecular formula is C20H16F2N4O4S. The van der Waals surface area contributed by atoms with E-state index in [0.29, 0.717) is 0 Å². The summed E-state index contributed by atoms with van der Waals surface area (Å²) in [4.78, 5) is 27.1. The van der Waals surface area contributed by atoms with E-state index in [1.807, 2.05) is 4.72 Å². The molecule has 160 valence electrons. The number of carbonyl (C=O) groups is 2. The number of hydrogen-bond donors (Lipinski definition) is 3. The third-order valence-corrected chi connectivity index (χ3v) is 5.34. The lowest BCUT2D eigenvalue weighted by Gasteiger charge is -2.13. The first-order valence-electron chi connectivity index (χ1n) is 8.78. The van der Waals surface area contributed by atoms with Crippen LogP contribution in [0.3, 0.4) is 0 Å². The van der Waals surface area contributed by atoms with Crippen LogP contribution in [0.1, 0.15) is 17.3 Å². The molecule has 2 aromatic carbocycles. The zero-order valence-electron chi connectivity index (χ0n) is 16.0. The summed E-state index contributed by atoms with van der Waals surface area (Å²) in [6.45, 7) is 1.28. The van der Waals surface area contributed by atoms with Gasteiger partial charge in [0.15, 0.2) is 5.82 Å². The second kappa shape index (κ2) is 8.88. The van der Waals surface area contributed by atoms with Crippen molar-refractivity contribution in [3.8, 4) is 0 Å². The fraction of sp³-hybridized carbons (Fsp3) is 0.0500. The molecule has 0 fully saturated rings. The zero-order valence-corrected chi connectivity index (χ0v) is 16.8. The van der Waals surface area contributed by atoms with E-state index in [1.165, 1.54) is 43.3 Å². The fourth-order valence-electron chi connectivity index (χ4n) is 2.52. The third-order valence-electron chi connectivity index (χ3n) is 3.96. The van der Waals surface area contributed by atoms with Crippen molar-refractivity contribution in [2.24, 2.45) is 0 Å². The molecule has 3 aromatic rings. The maximum Gasteiger partial charge on any atom is 0.261 e. The quantitative estimate of drug-likeness (QED) is 0.537. The van der Waals surface area contributed by atoms with Crippen LogP contribution in [0, 0.1) is 11.6 Å². The Morgan fingerprint density at radius 1 is 0.935 bits per heavy atom. The molecule has 0 bridgehead atoms. The molecule has 0 saturated carbocycles. The molecule has 2 amide bonds. The van der Waals surface area contributed by atoms with Crippen molar-refractivity contribution >= 4 is 39.0 Å². The molecule has 3 N–H and O–H groups in total. The highest BCUT2D eigenvalue weighted by Gasteiger charge is 2.21. The molecule has 0 atom stereocenters. The van der Waals surface area contributed by atoms with Gasteiger partial charge >= 0.3 is 0 Å². The van der Waals surface area contributed by atoms with E-state index in [0.717, 1.165) is 18.3 Å². The molecule has 0 aliphatic heterocycles. The second-order valence-corrected chi connectivity index (χ2v) is 7.95. The van der Waals surface area contributed by atoms with Gasteiger partial charge in [-0.15, -0.1) is 0 Å². The van der Waals surface area contributed by atoms with Crippen molar-refractivity contribution < 1.29 is 26.8 Å². The van der Waals surface area contributed by atoms with Crippen LogP contribution in [-0.2, 0) is 14.8 Å². The molecule has 0 saturated heterocycles. The average Bonchev–Trinajstić information content (AvgIpc) is 2.74. The van der Waals surface area contributed by atoms with Crippen molar-refractivity contribution in [2.45, 2.75) is 11.8 Å². The second-order valence-electron chi connectivity index (χ2n) is 6.27. The van der Waals surface area contributed by atoms with Crippen LogP contribution in [-0.4, -0.2) is 25.2 Å². The summed E-state index contributed by atoms with van der Waals surface area (Å²) in [5, 5.41) is 4.48. The van der Waals surface area contributed by atoms with Gasteiger partial charge in [0.05, 0.1) is 16.1 Å².